The molecule has 3 rings (SSSR count). The van der Waals surface area contributed by atoms with Crippen LogP contribution in [0.3, 0.4) is 0 Å². The summed E-state index contributed by atoms with van der Waals surface area (Å²) in [6.07, 6.45) is -4.17. The quantitative estimate of drug-likeness (QED) is 0.196. The van der Waals surface area contributed by atoms with Gasteiger partial charge in [-0.3, -0.25) is 4.79 Å². The van der Waals surface area contributed by atoms with E-state index >= 15 is 0 Å². The van der Waals surface area contributed by atoms with Crippen molar-refractivity contribution in [3.05, 3.63) is 53.5 Å². The van der Waals surface area contributed by atoms with Gasteiger partial charge >= 0.3 is 6.18 Å². The van der Waals surface area contributed by atoms with Crippen LogP contribution in [0, 0.1) is 5.92 Å². The number of nitrogens with zero attached hydrogens (tertiary/aromatic N) is 4. The Bertz CT molecular complexity index is 1010. The summed E-state index contributed by atoms with van der Waals surface area (Å²) in [4.78, 5) is 19.9. The fraction of sp³-hybridized carbons (Fsp3) is 0.400. The summed E-state index contributed by atoms with van der Waals surface area (Å²) in [6, 6.07) is 6.27. The molecule has 2 unspecified atom stereocenters. The second kappa shape index (κ2) is 9.25. The summed E-state index contributed by atoms with van der Waals surface area (Å²) < 4.78 is 65.8. The first kappa shape index (κ1) is 24.3. The van der Waals surface area contributed by atoms with Gasteiger partial charge < -0.3 is 11.1 Å². The van der Waals surface area contributed by atoms with Crippen LogP contribution >= 0.6 is 0 Å². The van der Waals surface area contributed by atoms with E-state index in [0.717, 1.165) is 11.3 Å². The Labute approximate surface area is 185 Å². The molecule has 0 saturated heterocycles. The van der Waals surface area contributed by atoms with Crippen molar-refractivity contribution in [1.29, 1.82) is 0 Å². The molecule has 1 aromatic heterocycles. The van der Waals surface area contributed by atoms with Gasteiger partial charge in [0.25, 0.3) is 0 Å². The highest BCUT2D eigenvalue weighted by Crippen LogP contribution is 2.45. The number of nitrogens with one attached hydrogen (secondary N) is 1. The number of aromatic nitrogens is 2. The molecule has 0 aliphatic heterocycles. The Morgan fingerprint density at radius 2 is 1.91 bits per heavy atom. The van der Waals surface area contributed by atoms with Crippen LogP contribution in [0.4, 0.5) is 27.8 Å². The van der Waals surface area contributed by atoms with Crippen molar-refractivity contribution < 1.29 is 26.7 Å². The average molecular weight is 471 g/mol. The number of hydrazine groups is 1. The Hall–Kier alpha value is -3.35. The van der Waals surface area contributed by atoms with Crippen molar-refractivity contribution in [3.8, 4) is 0 Å². The molecule has 1 aromatic carbocycles. The third-order valence-corrected chi connectivity index (χ3v) is 5.22. The summed E-state index contributed by atoms with van der Waals surface area (Å²) in [5.41, 5.74) is 5.56. The fourth-order valence-corrected chi connectivity index (χ4v) is 3.74. The lowest BCUT2D eigenvalue weighted by atomic mass is 9.83. The van der Waals surface area contributed by atoms with E-state index in [-0.39, 0.29) is 24.5 Å². The van der Waals surface area contributed by atoms with Gasteiger partial charge in [-0.05, 0) is 17.9 Å². The van der Waals surface area contributed by atoms with E-state index in [1.807, 2.05) is 0 Å². The molecule has 0 radical (unpaired) electrons. The van der Waals surface area contributed by atoms with Gasteiger partial charge in [-0.15, -0.1) is 5.10 Å². The standard InChI is InChI=1S/C20H22F5N7O/c1-32(27)31-17(26)12-4-2-11(3-5-12)16(13-6-7-19(21,22)8-13)18(33)30-15-10-28-14(9-29-15)20(23,24)25/h2-5,9-10,13,16H,6-8,27H2,1H3,(H2,26,31)(H,29,30,33). The molecule has 0 spiro atoms. The molecule has 1 aliphatic carbocycles. The second-order valence-corrected chi connectivity index (χ2v) is 7.79. The van der Waals surface area contributed by atoms with E-state index < -0.39 is 42.0 Å². The molecule has 2 aromatic rings. The molecule has 2 atom stereocenters. The average Bonchev–Trinajstić information content (AvgIpc) is 3.07. The number of carbonyl (C=O) groups excluding carboxylic acids is 1. The molecular weight excluding hydrogens is 449 g/mol. The lowest BCUT2D eigenvalue weighted by Crippen LogP contribution is -2.28. The van der Waals surface area contributed by atoms with E-state index in [1.165, 1.54) is 7.05 Å². The smallest absolute Gasteiger partial charge is 0.382 e. The van der Waals surface area contributed by atoms with Gasteiger partial charge in [0.05, 0.1) is 18.3 Å². The molecule has 1 saturated carbocycles. The maximum absolute atomic E-state index is 13.9. The van der Waals surface area contributed by atoms with E-state index in [9.17, 15) is 26.7 Å². The minimum absolute atomic E-state index is 0.104. The van der Waals surface area contributed by atoms with Crippen LogP contribution in [0.1, 0.15) is 42.0 Å². The number of amidine groups is 1. The van der Waals surface area contributed by atoms with Gasteiger partial charge in [0.1, 0.15) is 0 Å². The first-order valence-corrected chi connectivity index (χ1v) is 9.86. The minimum Gasteiger partial charge on any atom is -0.382 e. The van der Waals surface area contributed by atoms with Crippen LogP contribution in [0.15, 0.2) is 41.8 Å². The molecule has 1 amide bonds. The fourth-order valence-electron chi connectivity index (χ4n) is 3.74. The second-order valence-electron chi connectivity index (χ2n) is 7.79. The molecule has 8 nitrogen and oxygen atoms in total. The van der Waals surface area contributed by atoms with Gasteiger partial charge in [0.2, 0.25) is 11.8 Å². The third-order valence-electron chi connectivity index (χ3n) is 5.22. The van der Waals surface area contributed by atoms with Crippen molar-refractivity contribution in [3.63, 3.8) is 0 Å². The van der Waals surface area contributed by atoms with Crippen molar-refractivity contribution in [1.82, 2.24) is 15.1 Å². The number of benzene rings is 1. The molecule has 5 N–H and O–H groups in total. The van der Waals surface area contributed by atoms with Crippen LogP contribution < -0.4 is 16.9 Å². The van der Waals surface area contributed by atoms with Crippen LogP contribution in [-0.4, -0.2) is 39.8 Å². The Kier molecular flexibility index (Phi) is 6.81. The summed E-state index contributed by atoms with van der Waals surface area (Å²) in [5.74, 6) is 0.0620. The number of rotatable bonds is 6. The highest BCUT2D eigenvalue weighted by molar-refractivity contribution is 5.98. The number of halogens is 5. The van der Waals surface area contributed by atoms with Gasteiger partial charge in [-0.2, -0.15) is 13.2 Å². The number of nitrogens with two attached hydrogens (primary N) is 2. The van der Waals surface area contributed by atoms with Crippen LogP contribution in [0.25, 0.3) is 0 Å². The molecular formula is C20H22F5N7O. The van der Waals surface area contributed by atoms with Crippen molar-refractivity contribution >= 4 is 17.6 Å². The molecule has 1 heterocycles. The van der Waals surface area contributed by atoms with E-state index in [2.05, 4.69) is 20.4 Å². The third kappa shape index (κ3) is 6.12. The monoisotopic (exact) mass is 471 g/mol. The first-order valence-electron chi connectivity index (χ1n) is 9.86. The molecule has 1 fully saturated rings. The molecule has 178 valence electrons. The minimum atomic E-state index is -4.68. The predicted octanol–water partition coefficient (Wildman–Crippen LogP) is 3.08. The number of carbonyl (C=O) groups is 1. The number of anilines is 1. The molecule has 0 bridgehead atoms. The van der Waals surface area contributed by atoms with E-state index in [4.69, 9.17) is 11.6 Å². The van der Waals surface area contributed by atoms with E-state index in [1.54, 1.807) is 24.3 Å². The molecule has 13 heteroatoms. The van der Waals surface area contributed by atoms with Crippen molar-refractivity contribution in [2.45, 2.75) is 37.3 Å². The summed E-state index contributed by atoms with van der Waals surface area (Å²) >= 11 is 0. The zero-order chi connectivity index (χ0) is 24.4. The van der Waals surface area contributed by atoms with Crippen LogP contribution in [0.2, 0.25) is 0 Å². The van der Waals surface area contributed by atoms with E-state index in [0.29, 0.717) is 17.3 Å². The molecule has 33 heavy (non-hydrogen) atoms. The lowest BCUT2D eigenvalue weighted by Gasteiger charge is -2.23. The summed E-state index contributed by atoms with van der Waals surface area (Å²) in [6.45, 7) is 0. The van der Waals surface area contributed by atoms with Crippen molar-refractivity contribution in [2.24, 2.45) is 22.6 Å². The first-order chi connectivity index (χ1) is 15.4. The zero-order valence-electron chi connectivity index (χ0n) is 17.5. The van der Waals surface area contributed by atoms with Gasteiger partial charge in [0, 0.05) is 25.5 Å². The highest BCUT2D eigenvalue weighted by Gasteiger charge is 2.45. The number of amides is 1. The number of hydrogen-bond acceptors (Lipinski definition) is 6. The Morgan fingerprint density at radius 1 is 1.24 bits per heavy atom. The van der Waals surface area contributed by atoms with Gasteiger partial charge in [-0.25, -0.2) is 29.7 Å². The van der Waals surface area contributed by atoms with Gasteiger partial charge in [-0.1, -0.05) is 24.3 Å². The number of alkyl halides is 5. The Morgan fingerprint density at radius 3 is 2.39 bits per heavy atom. The number of hydrogen-bond donors (Lipinski definition) is 3. The summed E-state index contributed by atoms with van der Waals surface area (Å²) in [7, 11) is 1.48. The Balaban J connectivity index is 1.86. The number of hydrazone groups is 1. The predicted molar refractivity (Wildman–Crippen MR) is 110 cm³/mol. The normalized spacial score (nSPS) is 19.2. The highest BCUT2D eigenvalue weighted by atomic mass is 19.4. The van der Waals surface area contributed by atoms with Crippen LogP contribution in [0.5, 0.6) is 0 Å². The zero-order valence-corrected chi connectivity index (χ0v) is 17.5. The van der Waals surface area contributed by atoms with Crippen LogP contribution in [-0.2, 0) is 11.0 Å². The maximum Gasteiger partial charge on any atom is 0.434 e. The van der Waals surface area contributed by atoms with Crippen molar-refractivity contribution in [2.75, 3.05) is 12.4 Å². The van der Waals surface area contributed by atoms with Gasteiger partial charge in [0.15, 0.2) is 17.3 Å². The largest absolute Gasteiger partial charge is 0.434 e. The SMILES string of the molecule is CN(N)/N=C(\N)c1ccc(C(C(=O)Nc2cnc(C(F)(F)F)cn2)C2CCC(F)(F)C2)cc1. The molecule has 1 aliphatic rings. The topological polar surface area (TPSA) is 123 Å². The summed E-state index contributed by atoms with van der Waals surface area (Å²) in [5, 5.41) is 7.28. The lowest BCUT2D eigenvalue weighted by molar-refractivity contribution is -0.141. The maximum atomic E-state index is 13.9.